The van der Waals surface area contributed by atoms with Gasteiger partial charge in [0.05, 0.1) is 12.3 Å². The molecule has 0 spiro atoms. The molecule has 14 heavy (non-hydrogen) atoms. The highest BCUT2D eigenvalue weighted by Crippen LogP contribution is 2.28. The van der Waals surface area contributed by atoms with Crippen molar-refractivity contribution in [3.05, 3.63) is 35.6 Å². The van der Waals surface area contributed by atoms with Crippen LogP contribution in [0, 0.1) is 5.82 Å². The number of benzene rings is 1. The largest absolute Gasteiger partial charge is 0.393 e. The fraction of sp³-hybridized carbons (Fsp3) is 0.200. The lowest BCUT2D eigenvalue weighted by Gasteiger charge is -2.04. The second-order valence-corrected chi connectivity index (χ2v) is 3.07. The zero-order valence-corrected chi connectivity index (χ0v) is 7.20. The van der Waals surface area contributed by atoms with Crippen molar-refractivity contribution in [3.63, 3.8) is 0 Å². The number of carbonyl (C=O) groups excluding carboxylic acids is 2. The van der Waals surface area contributed by atoms with Gasteiger partial charge in [-0.1, -0.05) is 18.2 Å². The van der Waals surface area contributed by atoms with Gasteiger partial charge < -0.3 is 4.74 Å². The fourth-order valence-corrected chi connectivity index (χ4v) is 1.47. The number of hydrogen-bond acceptors (Lipinski definition) is 3. The number of cyclic esters (lactones) is 2. The Morgan fingerprint density at radius 1 is 1.29 bits per heavy atom. The number of esters is 2. The van der Waals surface area contributed by atoms with Crippen LogP contribution < -0.4 is 0 Å². The molecular weight excluding hydrogens is 187 g/mol. The van der Waals surface area contributed by atoms with Gasteiger partial charge in [-0.25, -0.2) is 4.39 Å². The molecule has 1 heterocycles. The van der Waals surface area contributed by atoms with E-state index in [4.69, 9.17) is 0 Å². The van der Waals surface area contributed by atoms with Crippen molar-refractivity contribution in [2.24, 2.45) is 0 Å². The first-order valence-corrected chi connectivity index (χ1v) is 4.17. The molecule has 1 aromatic rings. The summed E-state index contributed by atoms with van der Waals surface area (Å²) in [6, 6.07) is 5.89. The molecule has 1 aromatic carbocycles. The van der Waals surface area contributed by atoms with E-state index in [9.17, 15) is 14.0 Å². The summed E-state index contributed by atoms with van der Waals surface area (Å²) < 4.78 is 17.6. The summed E-state index contributed by atoms with van der Waals surface area (Å²) in [6.45, 7) is 0. The Balaban J connectivity index is 2.36. The third-order valence-corrected chi connectivity index (χ3v) is 2.15. The summed E-state index contributed by atoms with van der Waals surface area (Å²) in [5, 5.41) is 0. The Labute approximate surface area is 79.5 Å². The molecule has 1 unspecified atom stereocenters. The summed E-state index contributed by atoms with van der Waals surface area (Å²) in [5.74, 6) is -2.52. The van der Waals surface area contributed by atoms with Crippen molar-refractivity contribution >= 4 is 11.9 Å². The minimum absolute atomic E-state index is 0.0697. The molecule has 0 radical (unpaired) electrons. The molecule has 0 aliphatic carbocycles. The highest BCUT2D eigenvalue weighted by atomic mass is 19.1. The molecule has 0 bridgehead atoms. The summed E-state index contributed by atoms with van der Waals surface area (Å²) in [5.41, 5.74) is 0.225. The van der Waals surface area contributed by atoms with E-state index >= 15 is 0 Å². The molecule has 3 nitrogen and oxygen atoms in total. The summed E-state index contributed by atoms with van der Waals surface area (Å²) in [4.78, 5) is 21.9. The highest BCUT2D eigenvalue weighted by Gasteiger charge is 2.35. The molecule has 0 amide bonds. The molecule has 0 saturated carbocycles. The number of halogens is 1. The van der Waals surface area contributed by atoms with Gasteiger partial charge in [-0.15, -0.1) is 0 Å². The predicted octanol–water partition coefficient (Wildman–Crippen LogP) is 1.38. The predicted molar refractivity (Wildman–Crippen MR) is 44.9 cm³/mol. The van der Waals surface area contributed by atoms with Crippen molar-refractivity contribution in [2.75, 3.05) is 0 Å². The van der Waals surface area contributed by atoms with Gasteiger partial charge in [-0.3, -0.25) is 9.59 Å². The van der Waals surface area contributed by atoms with Crippen LogP contribution in [0.15, 0.2) is 24.3 Å². The number of carbonyl (C=O) groups is 2. The summed E-state index contributed by atoms with van der Waals surface area (Å²) in [7, 11) is 0. The first kappa shape index (κ1) is 8.87. The molecule has 1 aliphatic heterocycles. The van der Waals surface area contributed by atoms with Crippen LogP contribution in [-0.4, -0.2) is 11.9 Å². The maximum absolute atomic E-state index is 13.2. The second-order valence-electron chi connectivity index (χ2n) is 3.07. The zero-order valence-electron chi connectivity index (χ0n) is 7.20. The fourth-order valence-electron chi connectivity index (χ4n) is 1.47. The van der Waals surface area contributed by atoms with Crippen molar-refractivity contribution in [1.29, 1.82) is 0 Å². The lowest BCUT2D eigenvalue weighted by Crippen LogP contribution is -2.07. The van der Waals surface area contributed by atoms with Gasteiger partial charge in [0.2, 0.25) is 0 Å². The molecule has 1 aliphatic rings. The van der Waals surface area contributed by atoms with E-state index in [1.54, 1.807) is 6.07 Å². The van der Waals surface area contributed by atoms with Crippen LogP contribution in [0.4, 0.5) is 4.39 Å². The normalized spacial score (nSPS) is 21.1. The molecule has 2 rings (SSSR count). The van der Waals surface area contributed by atoms with Gasteiger partial charge in [-0.2, -0.15) is 0 Å². The first-order valence-electron chi connectivity index (χ1n) is 4.17. The Morgan fingerprint density at radius 3 is 2.57 bits per heavy atom. The quantitative estimate of drug-likeness (QED) is 0.501. The van der Waals surface area contributed by atoms with Gasteiger partial charge >= 0.3 is 11.9 Å². The summed E-state index contributed by atoms with van der Waals surface area (Å²) >= 11 is 0. The van der Waals surface area contributed by atoms with E-state index in [1.807, 2.05) is 0 Å². The molecule has 4 heteroatoms. The van der Waals surface area contributed by atoms with Crippen LogP contribution >= 0.6 is 0 Å². The van der Waals surface area contributed by atoms with Crippen LogP contribution in [0.5, 0.6) is 0 Å². The van der Waals surface area contributed by atoms with E-state index in [0.29, 0.717) is 0 Å². The average Bonchev–Trinajstić information content (AvgIpc) is 2.46. The van der Waals surface area contributed by atoms with Gasteiger partial charge in [0.25, 0.3) is 0 Å². The average molecular weight is 194 g/mol. The lowest BCUT2D eigenvalue weighted by atomic mass is 9.97. The number of hydrogen-bond donors (Lipinski definition) is 0. The van der Waals surface area contributed by atoms with Crippen molar-refractivity contribution in [2.45, 2.75) is 12.3 Å². The molecule has 0 N–H and O–H groups in total. The molecule has 1 saturated heterocycles. The van der Waals surface area contributed by atoms with E-state index in [0.717, 1.165) is 0 Å². The minimum Gasteiger partial charge on any atom is -0.393 e. The molecule has 1 fully saturated rings. The molecular formula is C10H7FO3. The zero-order chi connectivity index (χ0) is 10.1. The Kier molecular flexibility index (Phi) is 2.04. The van der Waals surface area contributed by atoms with Crippen LogP contribution in [0.2, 0.25) is 0 Å². The van der Waals surface area contributed by atoms with Crippen LogP contribution in [0.3, 0.4) is 0 Å². The van der Waals surface area contributed by atoms with E-state index in [1.165, 1.54) is 18.2 Å². The molecule has 1 atom stereocenters. The number of ether oxygens (including phenoxy) is 1. The van der Waals surface area contributed by atoms with Crippen LogP contribution in [-0.2, 0) is 14.3 Å². The molecule has 72 valence electrons. The maximum atomic E-state index is 13.2. The van der Waals surface area contributed by atoms with Gasteiger partial charge in [0.1, 0.15) is 5.82 Å². The van der Waals surface area contributed by atoms with E-state index in [-0.39, 0.29) is 12.0 Å². The molecule has 0 aromatic heterocycles. The SMILES string of the molecule is O=C1CC(c2ccccc2F)C(=O)O1. The second kappa shape index (κ2) is 3.21. The standard InChI is InChI=1S/C10H7FO3/c11-8-4-2-1-3-6(8)7-5-9(12)14-10(7)13/h1-4,7H,5H2. The minimum atomic E-state index is -0.774. The van der Waals surface area contributed by atoms with E-state index in [2.05, 4.69) is 4.74 Å². The van der Waals surface area contributed by atoms with Crippen LogP contribution in [0.25, 0.3) is 0 Å². The van der Waals surface area contributed by atoms with Crippen molar-refractivity contribution in [1.82, 2.24) is 0 Å². The third kappa shape index (κ3) is 1.39. The topological polar surface area (TPSA) is 43.4 Å². The first-order chi connectivity index (χ1) is 6.68. The lowest BCUT2D eigenvalue weighted by molar-refractivity contribution is -0.152. The Bertz CT molecular complexity index is 400. The monoisotopic (exact) mass is 194 g/mol. The highest BCUT2D eigenvalue weighted by molar-refractivity contribution is 5.97. The maximum Gasteiger partial charge on any atom is 0.321 e. The van der Waals surface area contributed by atoms with Crippen molar-refractivity contribution < 1.29 is 18.7 Å². The van der Waals surface area contributed by atoms with Crippen LogP contribution in [0.1, 0.15) is 17.9 Å². The van der Waals surface area contributed by atoms with Crippen molar-refractivity contribution in [3.8, 4) is 0 Å². The summed E-state index contributed by atoms with van der Waals surface area (Å²) in [6.07, 6.45) is -0.0697. The smallest absolute Gasteiger partial charge is 0.321 e. The van der Waals surface area contributed by atoms with Gasteiger partial charge in [0.15, 0.2) is 0 Å². The Hall–Kier alpha value is -1.71. The van der Waals surface area contributed by atoms with Gasteiger partial charge in [-0.05, 0) is 6.07 Å². The number of rotatable bonds is 1. The van der Waals surface area contributed by atoms with Gasteiger partial charge in [0, 0.05) is 5.56 Å². The Morgan fingerprint density at radius 2 is 2.00 bits per heavy atom. The third-order valence-electron chi connectivity index (χ3n) is 2.15. The van der Waals surface area contributed by atoms with E-state index < -0.39 is 23.7 Å².